The molecular formula is C12H17N3O5S. The Labute approximate surface area is 122 Å². The van der Waals surface area contributed by atoms with E-state index in [0.29, 0.717) is 13.1 Å². The van der Waals surface area contributed by atoms with Crippen LogP contribution in [0.15, 0.2) is 23.1 Å². The Morgan fingerprint density at radius 1 is 1.52 bits per heavy atom. The first-order chi connectivity index (χ1) is 9.87. The number of likely N-dealkylation sites (N-methyl/N-ethyl adjacent to an activating group) is 1. The molecule has 21 heavy (non-hydrogen) atoms. The van der Waals surface area contributed by atoms with Crippen molar-refractivity contribution in [2.45, 2.75) is 23.8 Å². The fourth-order valence-electron chi connectivity index (χ4n) is 2.51. The second-order valence-corrected chi connectivity index (χ2v) is 6.77. The van der Waals surface area contributed by atoms with Gasteiger partial charge in [0.2, 0.25) is 10.0 Å². The number of nitrogens with one attached hydrogen (secondary N) is 1. The average molecular weight is 315 g/mol. The lowest BCUT2D eigenvalue weighted by molar-refractivity contribution is -0.386. The van der Waals surface area contributed by atoms with Crippen molar-refractivity contribution in [2.75, 3.05) is 20.1 Å². The molecule has 2 N–H and O–H groups in total. The molecule has 0 aliphatic carbocycles. The van der Waals surface area contributed by atoms with Crippen LogP contribution >= 0.6 is 0 Å². The third kappa shape index (κ3) is 2.99. The third-order valence-corrected chi connectivity index (χ3v) is 5.46. The summed E-state index contributed by atoms with van der Waals surface area (Å²) in [6.45, 7) is 0.919. The molecule has 8 nitrogen and oxygen atoms in total. The molecule has 1 aromatic rings. The van der Waals surface area contributed by atoms with Gasteiger partial charge in [0.05, 0.1) is 9.82 Å². The first kappa shape index (κ1) is 15.7. The van der Waals surface area contributed by atoms with Crippen molar-refractivity contribution in [2.24, 2.45) is 0 Å². The molecule has 1 saturated heterocycles. The van der Waals surface area contributed by atoms with Crippen LogP contribution in [0.3, 0.4) is 0 Å². The molecule has 116 valence electrons. The highest BCUT2D eigenvalue weighted by molar-refractivity contribution is 7.89. The van der Waals surface area contributed by atoms with E-state index in [4.69, 9.17) is 0 Å². The number of aromatic hydroxyl groups is 1. The van der Waals surface area contributed by atoms with Gasteiger partial charge in [0.1, 0.15) is 0 Å². The van der Waals surface area contributed by atoms with Crippen molar-refractivity contribution in [3.8, 4) is 5.75 Å². The Bertz CT molecular complexity index is 646. The highest BCUT2D eigenvalue weighted by atomic mass is 32.2. The van der Waals surface area contributed by atoms with Crippen molar-refractivity contribution in [1.29, 1.82) is 0 Å². The summed E-state index contributed by atoms with van der Waals surface area (Å²) in [7, 11) is -2.06. The smallest absolute Gasteiger partial charge is 0.312 e. The van der Waals surface area contributed by atoms with Crippen LogP contribution in [0.1, 0.15) is 12.8 Å². The van der Waals surface area contributed by atoms with Crippen LogP contribution in [-0.4, -0.2) is 48.9 Å². The van der Waals surface area contributed by atoms with Crippen LogP contribution in [0.4, 0.5) is 5.69 Å². The van der Waals surface area contributed by atoms with Crippen molar-refractivity contribution < 1.29 is 18.4 Å². The molecule has 1 heterocycles. The summed E-state index contributed by atoms with van der Waals surface area (Å²) in [5.41, 5.74) is -0.611. The highest BCUT2D eigenvalue weighted by Crippen LogP contribution is 2.32. The van der Waals surface area contributed by atoms with E-state index in [2.05, 4.69) is 5.32 Å². The van der Waals surface area contributed by atoms with E-state index in [0.717, 1.165) is 25.0 Å². The minimum absolute atomic E-state index is 0.159. The number of phenols is 1. The van der Waals surface area contributed by atoms with E-state index in [9.17, 15) is 23.6 Å². The van der Waals surface area contributed by atoms with E-state index in [1.165, 1.54) is 10.4 Å². The van der Waals surface area contributed by atoms with Gasteiger partial charge >= 0.3 is 5.69 Å². The summed E-state index contributed by atoms with van der Waals surface area (Å²) in [6, 6.07) is 2.97. The summed E-state index contributed by atoms with van der Waals surface area (Å²) in [5, 5.41) is 23.2. The summed E-state index contributed by atoms with van der Waals surface area (Å²) < 4.78 is 26.6. The molecule has 1 aliphatic rings. The molecule has 9 heteroatoms. The molecule has 0 radical (unpaired) electrons. The first-order valence-corrected chi connectivity index (χ1v) is 7.95. The van der Waals surface area contributed by atoms with E-state index in [-0.39, 0.29) is 10.9 Å². The number of sulfonamides is 1. The zero-order valence-electron chi connectivity index (χ0n) is 11.5. The quantitative estimate of drug-likeness (QED) is 0.610. The Morgan fingerprint density at radius 2 is 2.24 bits per heavy atom. The van der Waals surface area contributed by atoms with Crippen LogP contribution in [0.2, 0.25) is 0 Å². The van der Waals surface area contributed by atoms with E-state index in [1.54, 1.807) is 7.05 Å². The molecular weight excluding hydrogens is 298 g/mol. The SMILES string of the molecule is CNCC1CCCN1S(=O)(=O)c1ccc(O)c([N+](=O)[O-])c1. The molecule has 1 aromatic carbocycles. The number of hydrogen-bond donors (Lipinski definition) is 2. The summed E-state index contributed by atoms with van der Waals surface area (Å²) in [4.78, 5) is 9.84. The fourth-order valence-corrected chi connectivity index (χ4v) is 4.22. The maximum atomic E-state index is 12.6. The summed E-state index contributed by atoms with van der Waals surface area (Å²) in [6.07, 6.45) is 1.51. The molecule has 2 rings (SSSR count). The van der Waals surface area contributed by atoms with Crippen LogP contribution in [0.5, 0.6) is 5.75 Å². The second-order valence-electron chi connectivity index (χ2n) is 4.88. The van der Waals surface area contributed by atoms with E-state index < -0.39 is 26.4 Å². The molecule has 1 fully saturated rings. The Kier molecular flexibility index (Phi) is 4.45. The molecule has 0 spiro atoms. The molecule has 0 aromatic heterocycles. The largest absolute Gasteiger partial charge is 0.502 e. The Morgan fingerprint density at radius 3 is 2.86 bits per heavy atom. The second kappa shape index (κ2) is 5.96. The average Bonchev–Trinajstić information content (AvgIpc) is 2.88. The lowest BCUT2D eigenvalue weighted by atomic mass is 10.2. The van der Waals surface area contributed by atoms with Crippen LogP contribution in [-0.2, 0) is 10.0 Å². The van der Waals surface area contributed by atoms with Crippen LogP contribution in [0, 0.1) is 10.1 Å². The molecule has 1 atom stereocenters. The van der Waals surface area contributed by atoms with Gasteiger partial charge in [-0.05, 0) is 32.0 Å². The van der Waals surface area contributed by atoms with Gasteiger partial charge < -0.3 is 10.4 Å². The zero-order chi connectivity index (χ0) is 15.6. The summed E-state index contributed by atoms with van der Waals surface area (Å²) in [5.74, 6) is -0.549. The number of nitrogens with zero attached hydrogens (tertiary/aromatic N) is 2. The van der Waals surface area contributed by atoms with Gasteiger partial charge in [-0.3, -0.25) is 10.1 Å². The number of benzene rings is 1. The lowest BCUT2D eigenvalue weighted by Gasteiger charge is -2.23. The molecule has 1 aliphatic heterocycles. The number of hydrogen-bond acceptors (Lipinski definition) is 6. The summed E-state index contributed by atoms with van der Waals surface area (Å²) >= 11 is 0. The molecule has 0 amide bonds. The maximum Gasteiger partial charge on any atom is 0.312 e. The lowest BCUT2D eigenvalue weighted by Crippen LogP contribution is -2.40. The van der Waals surface area contributed by atoms with Gasteiger partial charge in [-0.15, -0.1) is 0 Å². The van der Waals surface area contributed by atoms with Gasteiger partial charge in [0.25, 0.3) is 0 Å². The van der Waals surface area contributed by atoms with Crippen molar-refractivity contribution in [3.63, 3.8) is 0 Å². The normalized spacial score (nSPS) is 19.8. The Hall–Kier alpha value is -1.71. The first-order valence-electron chi connectivity index (χ1n) is 6.51. The maximum absolute atomic E-state index is 12.6. The highest BCUT2D eigenvalue weighted by Gasteiger charge is 2.35. The zero-order valence-corrected chi connectivity index (χ0v) is 12.3. The standard InChI is InChI=1S/C12H17N3O5S/c1-13-8-9-3-2-6-14(9)21(19,20)10-4-5-12(16)11(7-10)15(17)18/h4-5,7,9,13,16H,2-3,6,8H2,1H3. The van der Waals surface area contributed by atoms with Gasteiger partial charge in [-0.25, -0.2) is 8.42 Å². The Balaban J connectivity index is 2.40. The van der Waals surface area contributed by atoms with E-state index in [1.807, 2.05) is 0 Å². The van der Waals surface area contributed by atoms with Gasteiger partial charge in [0, 0.05) is 25.2 Å². The predicted molar refractivity (Wildman–Crippen MR) is 75.6 cm³/mol. The molecule has 1 unspecified atom stereocenters. The number of phenolic OH excluding ortho intramolecular Hbond substituents is 1. The van der Waals surface area contributed by atoms with Gasteiger partial charge in [-0.2, -0.15) is 4.31 Å². The third-order valence-electron chi connectivity index (χ3n) is 3.51. The van der Waals surface area contributed by atoms with Crippen molar-refractivity contribution >= 4 is 15.7 Å². The minimum atomic E-state index is -3.81. The van der Waals surface area contributed by atoms with Crippen molar-refractivity contribution in [3.05, 3.63) is 28.3 Å². The monoisotopic (exact) mass is 315 g/mol. The number of rotatable bonds is 5. The minimum Gasteiger partial charge on any atom is -0.502 e. The number of nitro groups is 1. The van der Waals surface area contributed by atoms with Crippen LogP contribution in [0.25, 0.3) is 0 Å². The van der Waals surface area contributed by atoms with Gasteiger partial charge in [-0.1, -0.05) is 0 Å². The topological polar surface area (TPSA) is 113 Å². The molecule has 0 saturated carbocycles. The molecule has 0 bridgehead atoms. The van der Waals surface area contributed by atoms with Crippen molar-refractivity contribution in [1.82, 2.24) is 9.62 Å². The predicted octanol–water partition coefficient (Wildman–Crippen LogP) is 0.673. The van der Waals surface area contributed by atoms with Gasteiger partial charge in [0.15, 0.2) is 5.75 Å². The fraction of sp³-hybridized carbons (Fsp3) is 0.500. The van der Waals surface area contributed by atoms with Crippen LogP contribution < -0.4 is 5.32 Å². The number of nitro benzene ring substituents is 1. The van der Waals surface area contributed by atoms with E-state index >= 15 is 0 Å².